The topological polar surface area (TPSA) is 76.7 Å². The molecule has 0 saturated heterocycles. The highest BCUT2D eigenvalue weighted by atomic mass is 16.5. The summed E-state index contributed by atoms with van der Waals surface area (Å²) in [7, 11) is 3.07. The molecule has 0 spiro atoms. The van der Waals surface area contributed by atoms with Gasteiger partial charge < -0.3 is 20.1 Å². The first kappa shape index (κ1) is 17.8. The summed E-state index contributed by atoms with van der Waals surface area (Å²) in [6.45, 7) is 0. The zero-order chi connectivity index (χ0) is 18.5. The maximum atomic E-state index is 12.5. The Morgan fingerprint density at radius 1 is 1.00 bits per heavy atom. The molecule has 136 valence electrons. The second-order valence-electron chi connectivity index (χ2n) is 6.27. The number of amides is 2. The SMILES string of the molecule is COc1cc(OC)cc(C(=O)Nc2ccc(CC(=O)NC3CC3)cc2)c1. The van der Waals surface area contributed by atoms with Crippen molar-refractivity contribution in [3.8, 4) is 11.5 Å². The van der Waals surface area contributed by atoms with Gasteiger partial charge in [0.05, 0.1) is 20.6 Å². The van der Waals surface area contributed by atoms with Gasteiger partial charge in [-0.15, -0.1) is 0 Å². The van der Waals surface area contributed by atoms with Gasteiger partial charge in [-0.25, -0.2) is 0 Å². The highest BCUT2D eigenvalue weighted by Crippen LogP contribution is 2.23. The van der Waals surface area contributed by atoms with Crippen molar-refractivity contribution in [1.29, 1.82) is 0 Å². The molecule has 0 unspecified atom stereocenters. The fraction of sp³-hybridized carbons (Fsp3) is 0.300. The molecule has 1 fully saturated rings. The van der Waals surface area contributed by atoms with E-state index in [-0.39, 0.29) is 11.8 Å². The number of rotatable bonds is 7. The van der Waals surface area contributed by atoms with Crippen LogP contribution in [0.2, 0.25) is 0 Å². The normalized spacial score (nSPS) is 13.0. The van der Waals surface area contributed by atoms with Crippen LogP contribution in [0.5, 0.6) is 11.5 Å². The number of hydrogen-bond acceptors (Lipinski definition) is 4. The fourth-order valence-electron chi connectivity index (χ4n) is 2.54. The number of benzene rings is 2. The summed E-state index contributed by atoms with van der Waals surface area (Å²) < 4.78 is 10.4. The van der Waals surface area contributed by atoms with E-state index in [1.165, 1.54) is 14.2 Å². The maximum absolute atomic E-state index is 12.5. The molecule has 1 saturated carbocycles. The zero-order valence-corrected chi connectivity index (χ0v) is 14.9. The lowest BCUT2D eigenvalue weighted by atomic mass is 10.1. The van der Waals surface area contributed by atoms with E-state index in [1.54, 1.807) is 30.3 Å². The Kier molecular flexibility index (Phi) is 5.41. The predicted molar refractivity (Wildman–Crippen MR) is 98.8 cm³/mol. The Bertz CT molecular complexity index is 776. The van der Waals surface area contributed by atoms with Crippen LogP contribution in [0.3, 0.4) is 0 Å². The highest BCUT2D eigenvalue weighted by Gasteiger charge is 2.23. The van der Waals surface area contributed by atoms with Gasteiger partial charge in [-0.05, 0) is 42.7 Å². The summed E-state index contributed by atoms with van der Waals surface area (Å²) in [6.07, 6.45) is 2.50. The van der Waals surface area contributed by atoms with Crippen LogP contribution < -0.4 is 20.1 Å². The van der Waals surface area contributed by atoms with Crippen molar-refractivity contribution in [3.63, 3.8) is 0 Å². The van der Waals surface area contributed by atoms with Crippen LogP contribution in [0, 0.1) is 0 Å². The van der Waals surface area contributed by atoms with Gasteiger partial charge in [0.2, 0.25) is 5.91 Å². The molecule has 0 aromatic heterocycles. The highest BCUT2D eigenvalue weighted by molar-refractivity contribution is 6.04. The molecule has 26 heavy (non-hydrogen) atoms. The van der Waals surface area contributed by atoms with E-state index >= 15 is 0 Å². The number of carbonyl (C=O) groups excluding carboxylic acids is 2. The van der Waals surface area contributed by atoms with E-state index in [2.05, 4.69) is 10.6 Å². The molecule has 0 radical (unpaired) electrons. The summed E-state index contributed by atoms with van der Waals surface area (Å²) in [5.74, 6) is 0.868. The minimum Gasteiger partial charge on any atom is -0.497 e. The van der Waals surface area contributed by atoms with Crippen molar-refractivity contribution in [2.45, 2.75) is 25.3 Å². The van der Waals surface area contributed by atoms with Crippen LogP contribution in [0.15, 0.2) is 42.5 Å². The van der Waals surface area contributed by atoms with E-state index in [4.69, 9.17) is 9.47 Å². The molecule has 2 aromatic carbocycles. The lowest BCUT2D eigenvalue weighted by molar-refractivity contribution is -0.120. The van der Waals surface area contributed by atoms with Gasteiger partial charge in [0.25, 0.3) is 5.91 Å². The molecule has 0 bridgehead atoms. The molecule has 0 aliphatic heterocycles. The average Bonchev–Trinajstić information content (AvgIpc) is 3.46. The van der Waals surface area contributed by atoms with Crippen LogP contribution >= 0.6 is 0 Å². The summed E-state index contributed by atoms with van der Waals surface area (Å²) >= 11 is 0. The van der Waals surface area contributed by atoms with Gasteiger partial charge in [0, 0.05) is 23.4 Å². The summed E-state index contributed by atoms with van der Waals surface area (Å²) in [5.41, 5.74) is 2.00. The van der Waals surface area contributed by atoms with Crippen LogP contribution in [-0.2, 0) is 11.2 Å². The molecule has 0 heterocycles. The van der Waals surface area contributed by atoms with Gasteiger partial charge >= 0.3 is 0 Å². The fourth-order valence-corrected chi connectivity index (χ4v) is 2.54. The van der Waals surface area contributed by atoms with Gasteiger partial charge in [-0.1, -0.05) is 12.1 Å². The second-order valence-corrected chi connectivity index (χ2v) is 6.27. The first-order chi connectivity index (χ1) is 12.6. The van der Waals surface area contributed by atoms with Gasteiger partial charge in [0.1, 0.15) is 11.5 Å². The third kappa shape index (κ3) is 4.75. The predicted octanol–water partition coefficient (Wildman–Crippen LogP) is 2.78. The second kappa shape index (κ2) is 7.91. The molecule has 1 aliphatic carbocycles. The number of ether oxygens (including phenoxy) is 2. The van der Waals surface area contributed by atoms with Crippen molar-refractivity contribution in [2.24, 2.45) is 0 Å². The minimum atomic E-state index is -0.263. The van der Waals surface area contributed by atoms with E-state index < -0.39 is 0 Å². The first-order valence-electron chi connectivity index (χ1n) is 8.50. The third-order valence-corrected chi connectivity index (χ3v) is 4.13. The summed E-state index contributed by atoms with van der Waals surface area (Å²) in [5, 5.41) is 5.79. The molecular weight excluding hydrogens is 332 g/mol. The molecule has 3 rings (SSSR count). The summed E-state index contributed by atoms with van der Waals surface area (Å²) in [6, 6.07) is 12.6. The Morgan fingerprint density at radius 2 is 1.62 bits per heavy atom. The van der Waals surface area contributed by atoms with Crippen LogP contribution in [0.1, 0.15) is 28.8 Å². The molecule has 2 amide bonds. The van der Waals surface area contributed by atoms with E-state index in [9.17, 15) is 9.59 Å². The van der Waals surface area contributed by atoms with Crippen molar-refractivity contribution in [3.05, 3.63) is 53.6 Å². The first-order valence-corrected chi connectivity index (χ1v) is 8.50. The molecule has 2 aromatic rings. The van der Waals surface area contributed by atoms with Crippen LogP contribution in [0.4, 0.5) is 5.69 Å². The molecule has 1 aliphatic rings. The Labute approximate surface area is 152 Å². The van der Waals surface area contributed by atoms with E-state index in [0.717, 1.165) is 18.4 Å². The van der Waals surface area contributed by atoms with Gasteiger partial charge in [-0.3, -0.25) is 9.59 Å². The number of methoxy groups -OCH3 is 2. The molecule has 0 atom stereocenters. The molecule has 2 N–H and O–H groups in total. The standard InChI is InChI=1S/C20H22N2O4/c1-25-17-10-14(11-18(12-17)26-2)20(24)22-16-5-3-13(4-6-16)9-19(23)21-15-7-8-15/h3-6,10-12,15H,7-9H2,1-2H3,(H,21,23)(H,22,24). The third-order valence-electron chi connectivity index (χ3n) is 4.13. The largest absolute Gasteiger partial charge is 0.497 e. The number of hydrogen-bond donors (Lipinski definition) is 2. The lowest BCUT2D eigenvalue weighted by Gasteiger charge is -2.10. The number of carbonyl (C=O) groups is 2. The van der Waals surface area contributed by atoms with Crippen LogP contribution in [0.25, 0.3) is 0 Å². The smallest absolute Gasteiger partial charge is 0.255 e. The lowest BCUT2D eigenvalue weighted by Crippen LogP contribution is -2.26. The zero-order valence-electron chi connectivity index (χ0n) is 14.9. The van der Waals surface area contributed by atoms with Crippen molar-refractivity contribution in [1.82, 2.24) is 5.32 Å². The quantitative estimate of drug-likeness (QED) is 0.802. The minimum absolute atomic E-state index is 0.0350. The molecule has 6 nitrogen and oxygen atoms in total. The van der Waals surface area contributed by atoms with Gasteiger partial charge in [0.15, 0.2) is 0 Å². The monoisotopic (exact) mass is 354 g/mol. The van der Waals surface area contributed by atoms with Crippen molar-refractivity contribution in [2.75, 3.05) is 19.5 Å². The molecular formula is C20H22N2O4. The van der Waals surface area contributed by atoms with E-state index in [0.29, 0.717) is 35.2 Å². The van der Waals surface area contributed by atoms with E-state index in [1.807, 2.05) is 12.1 Å². The number of anilines is 1. The van der Waals surface area contributed by atoms with Crippen molar-refractivity contribution < 1.29 is 19.1 Å². The summed E-state index contributed by atoms with van der Waals surface area (Å²) in [4.78, 5) is 24.3. The maximum Gasteiger partial charge on any atom is 0.255 e. The Hall–Kier alpha value is -3.02. The average molecular weight is 354 g/mol. The van der Waals surface area contributed by atoms with Gasteiger partial charge in [-0.2, -0.15) is 0 Å². The van der Waals surface area contributed by atoms with Crippen LogP contribution in [-0.4, -0.2) is 32.1 Å². The Balaban J connectivity index is 1.63. The molecule has 6 heteroatoms. The van der Waals surface area contributed by atoms with Crippen molar-refractivity contribution >= 4 is 17.5 Å². The Morgan fingerprint density at radius 3 is 2.15 bits per heavy atom. The number of nitrogens with one attached hydrogen (secondary N) is 2.